The van der Waals surface area contributed by atoms with Crippen LogP contribution in [0.1, 0.15) is 17.8 Å². The largest absolute Gasteiger partial charge is 0.384 e. The Morgan fingerprint density at radius 1 is 1.44 bits per heavy atom. The second-order valence-corrected chi connectivity index (χ2v) is 4.14. The van der Waals surface area contributed by atoms with Crippen molar-refractivity contribution in [3.8, 4) is 6.07 Å². The van der Waals surface area contributed by atoms with Gasteiger partial charge in [0.25, 0.3) is 0 Å². The number of rotatable bonds is 5. The second kappa shape index (κ2) is 6.03. The minimum Gasteiger partial charge on any atom is -0.384 e. The molecule has 1 aromatic carbocycles. The number of nitrogens with zero attached hydrogens (tertiary/aromatic N) is 3. The summed E-state index contributed by atoms with van der Waals surface area (Å²) in [6.45, 7) is 0.746. The maximum Gasteiger partial charge on any atom is 0.137 e. The molecule has 0 saturated carbocycles. The first-order chi connectivity index (χ1) is 8.81. The predicted octanol–water partition coefficient (Wildman–Crippen LogP) is 2.37. The Balaban J connectivity index is 1.87. The molecule has 0 aliphatic carbocycles. The Hall–Kier alpha value is -2.06. The third-order valence-electron chi connectivity index (χ3n) is 2.50. The molecule has 2 N–H and O–H groups in total. The van der Waals surface area contributed by atoms with E-state index in [-0.39, 0.29) is 0 Å². The number of H-pyrrole nitrogens is 1. The van der Waals surface area contributed by atoms with Crippen LogP contribution in [0, 0.1) is 11.3 Å². The van der Waals surface area contributed by atoms with Crippen molar-refractivity contribution in [3.05, 3.63) is 40.9 Å². The molecule has 0 radical (unpaired) electrons. The SMILES string of the molecule is N#Cc1c(Cl)cccc1NCCCc1ncn[nH]1. The highest BCUT2D eigenvalue weighted by molar-refractivity contribution is 6.32. The van der Waals surface area contributed by atoms with Crippen molar-refractivity contribution in [1.29, 1.82) is 5.26 Å². The summed E-state index contributed by atoms with van der Waals surface area (Å²) < 4.78 is 0. The summed E-state index contributed by atoms with van der Waals surface area (Å²) in [5, 5.41) is 19.3. The molecule has 2 rings (SSSR count). The van der Waals surface area contributed by atoms with Gasteiger partial charge in [0.2, 0.25) is 0 Å². The molecular formula is C12H12ClN5. The third kappa shape index (κ3) is 2.99. The first-order valence-corrected chi connectivity index (χ1v) is 5.96. The minimum absolute atomic E-state index is 0.470. The van der Waals surface area contributed by atoms with Crippen molar-refractivity contribution in [2.75, 3.05) is 11.9 Å². The van der Waals surface area contributed by atoms with Gasteiger partial charge in [-0.15, -0.1) is 0 Å². The summed E-state index contributed by atoms with van der Waals surface area (Å²) in [5.74, 6) is 0.864. The summed E-state index contributed by atoms with van der Waals surface area (Å²) >= 11 is 5.94. The van der Waals surface area contributed by atoms with E-state index in [4.69, 9.17) is 16.9 Å². The molecule has 0 spiro atoms. The lowest BCUT2D eigenvalue weighted by Crippen LogP contribution is -2.05. The average molecular weight is 262 g/mol. The molecule has 5 nitrogen and oxygen atoms in total. The molecule has 1 aromatic heterocycles. The Morgan fingerprint density at radius 2 is 2.33 bits per heavy atom. The van der Waals surface area contributed by atoms with Gasteiger partial charge in [0.15, 0.2) is 0 Å². The summed E-state index contributed by atoms with van der Waals surface area (Å²) in [4.78, 5) is 4.04. The van der Waals surface area contributed by atoms with E-state index in [2.05, 4.69) is 26.6 Å². The topological polar surface area (TPSA) is 77.4 Å². The lowest BCUT2D eigenvalue weighted by molar-refractivity contribution is 0.805. The fraction of sp³-hybridized carbons (Fsp3) is 0.250. The van der Waals surface area contributed by atoms with Crippen molar-refractivity contribution < 1.29 is 0 Å². The second-order valence-electron chi connectivity index (χ2n) is 3.74. The molecule has 18 heavy (non-hydrogen) atoms. The highest BCUT2D eigenvalue weighted by Crippen LogP contribution is 2.23. The Labute approximate surface area is 110 Å². The van der Waals surface area contributed by atoms with Gasteiger partial charge in [-0.2, -0.15) is 10.4 Å². The minimum atomic E-state index is 0.470. The molecule has 0 atom stereocenters. The van der Waals surface area contributed by atoms with Crippen molar-refractivity contribution in [2.24, 2.45) is 0 Å². The summed E-state index contributed by atoms with van der Waals surface area (Å²) in [6, 6.07) is 7.47. The number of nitriles is 1. The van der Waals surface area contributed by atoms with Crippen molar-refractivity contribution in [3.63, 3.8) is 0 Å². The molecule has 0 saturated heterocycles. The number of hydrogen-bond acceptors (Lipinski definition) is 4. The lowest BCUT2D eigenvalue weighted by atomic mass is 10.2. The van der Waals surface area contributed by atoms with Gasteiger partial charge in [0.05, 0.1) is 16.3 Å². The third-order valence-corrected chi connectivity index (χ3v) is 2.81. The number of benzene rings is 1. The van der Waals surface area contributed by atoms with Gasteiger partial charge in [-0.3, -0.25) is 5.10 Å². The summed E-state index contributed by atoms with van der Waals surface area (Å²) in [7, 11) is 0. The van der Waals surface area contributed by atoms with E-state index in [1.54, 1.807) is 6.07 Å². The first-order valence-electron chi connectivity index (χ1n) is 5.58. The lowest BCUT2D eigenvalue weighted by Gasteiger charge is -2.08. The molecular weight excluding hydrogens is 250 g/mol. The molecule has 6 heteroatoms. The monoisotopic (exact) mass is 261 g/mol. The van der Waals surface area contributed by atoms with E-state index in [0.717, 1.165) is 30.9 Å². The van der Waals surface area contributed by atoms with Gasteiger partial charge in [0, 0.05) is 13.0 Å². The maximum atomic E-state index is 9.01. The van der Waals surface area contributed by atoms with Gasteiger partial charge in [-0.25, -0.2) is 4.98 Å². The van der Waals surface area contributed by atoms with Crippen molar-refractivity contribution in [1.82, 2.24) is 15.2 Å². The van der Waals surface area contributed by atoms with E-state index in [1.165, 1.54) is 6.33 Å². The smallest absolute Gasteiger partial charge is 0.137 e. The molecule has 92 valence electrons. The molecule has 0 bridgehead atoms. The summed E-state index contributed by atoms with van der Waals surface area (Å²) in [5.41, 5.74) is 1.25. The molecule has 0 aliphatic heterocycles. The number of nitrogens with one attached hydrogen (secondary N) is 2. The standard InChI is InChI=1S/C12H12ClN5/c13-10-3-1-4-11(9(10)7-14)15-6-2-5-12-16-8-17-18-12/h1,3-4,8,15H,2,5-6H2,(H,16,17,18). The van der Waals surface area contributed by atoms with Crippen LogP contribution in [0.3, 0.4) is 0 Å². The van der Waals surface area contributed by atoms with Crippen LogP contribution in [-0.2, 0) is 6.42 Å². The summed E-state index contributed by atoms with van der Waals surface area (Å²) in [6.07, 6.45) is 3.20. The molecule has 0 fully saturated rings. The number of anilines is 1. The zero-order valence-corrected chi connectivity index (χ0v) is 10.4. The highest BCUT2D eigenvalue weighted by atomic mass is 35.5. The maximum absolute atomic E-state index is 9.01. The quantitative estimate of drug-likeness (QED) is 0.810. The van der Waals surface area contributed by atoms with Crippen LogP contribution in [0.5, 0.6) is 0 Å². The van der Waals surface area contributed by atoms with Gasteiger partial charge in [-0.1, -0.05) is 17.7 Å². The van der Waals surface area contributed by atoms with Crippen LogP contribution in [0.25, 0.3) is 0 Å². The van der Waals surface area contributed by atoms with Crippen molar-refractivity contribution >= 4 is 17.3 Å². The van der Waals surface area contributed by atoms with Crippen LogP contribution in [0.4, 0.5) is 5.69 Å². The van der Waals surface area contributed by atoms with Gasteiger partial charge in [-0.05, 0) is 18.6 Å². The Morgan fingerprint density at radius 3 is 3.06 bits per heavy atom. The van der Waals surface area contributed by atoms with E-state index < -0.39 is 0 Å². The van der Waals surface area contributed by atoms with Crippen LogP contribution in [-0.4, -0.2) is 21.7 Å². The number of aryl methyl sites for hydroxylation is 1. The molecule has 2 aromatic rings. The fourth-order valence-electron chi connectivity index (χ4n) is 1.62. The zero-order chi connectivity index (χ0) is 12.8. The first kappa shape index (κ1) is 12.4. The van der Waals surface area contributed by atoms with Crippen molar-refractivity contribution in [2.45, 2.75) is 12.8 Å². The Kier molecular flexibility index (Phi) is 4.15. The average Bonchev–Trinajstić information content (AvgIpc) is 2.88. The fourth-order valence-corrected chi connectivity index (χ4v) is 1.83. The predicted molar refractivity (Wildman–Crippen MR) is 69.4 cm³/mol. The highest BCUT2D eigenvalue weighted by Gasteiger charge is 2.05. The van der Waals surface area contributed by atoms with Crippen LogP contribution < -0.4 is 5.32 Å². The zero-order valence-electron chi connectivity index (χ0n) is 9.65. The normalized spacial score (nSPS) is 10.0. The number of halogens is 1. The number of aromatic amines is 1. The van der Waals surface area contributed by atoms with E-state index >= 15 is 0 Å². The number of aromatic nitrogens is 3. The van der Waals surface area contributed by atoms with Crippen LogP contribution >= 0.6 is 11.6 Å². The van der Waals surface area contributed by atoms with Gasteiger partial charge in [0.1, 0.15) is 18.2 Å². The van der Waals surface area contributed by atoms with Crippen LogP contribution in [0.15, 0.2) is 24.5 Å². The molecule has 1 heterocycles. The van der Waals surface area contributed by atoms with Crippen LogP contribution in [0.2, 0.25) is 5.02 Å². The Bertz CT molecular complexity index is 544. The van der Waals surface area contributed by atoms with Gasteiger partial charge >= 0.3 is 0 Å². The molecule has 0 unspecified atom stereocenters. The van der Waals surface area contributed by atoms with E-state index in [9.17, 15) is 0 Å². The molecule has 0 amide bonds. The molecule has 0 aliphatic rings. The van der Waals surface area contributed by atoms with E-state index in [1.807, 2.05) is 12.1 Å². The van der Waals surface area contributed by atoms with E-state index in [0.29, 0.717) is 10.6 Å². The van der Waals surface area contributed by atoms with Gasteiger partial charge < -0.3 is 5.32 Å². The number of hydrogen-bond donors (Lipinski definition) is 2.